The number of hydrogen-bond acceptors (Lipinski definition) is 5. The Balaban J connectivity index is 1.72. The Morgan fingerprint density at radius 3 is 2.50 bits per heavy atom. The van der Waals surface area contributed by atoms with Gasteiger partial charge >= 0.3 is 5.97 Å². The van der Waals surface area contributed by atoms with E-state index in [4.69, 9.17) is 4.74 Å². The predicted molar refractivity (Wildman–Crippen MR) is 96.0 cm³/mol. The van der Waals surface area contributed by atoms with Gasteiger partial charge in [-0.25, -0.2) is 9.18 Å². The molecule has 26 heavy (non-hydrogen) atoms. The summed E-state index contributed by atoms with van der Waals surface area (Å²) in [5.74, 6) is -1.68. The monoisotopic (exact) mass is 373 g/mol. The zero-order valence-electron chi connectivity index (χ0n) is 14.1. The Hall–Kier alpha value is -2.67. The second-order valence-corrected chi connectivity index (χ2v) is 7.26. The highest BCUT2D eigenvalue weighted by Gasteiger charge is 2.25. The topological polar surface area (TPSA) is 72.5 Å². The molecule has 2 aromatic rings. The van der Waals surface area contributed by atoms with Gasteiger partial charge in [-0.3, -0.25) is 9.59 Å². The number of thioether (sulfide) groups is 1. The summed E-state index contributed by atoms with van der Waals surface area (Å²) >= 11 is 1.41. The van der Waals surface area contributed by atoms with Crippen LogP contribution >= 0.6 is 11.8 Å². The van der Waals surface area contributed by atoms with Gasteiger partial charge in [0.15, 0.2) is 6.10 Å². The molecule has 0 aromatic heterocycles. The van der Waals surface area contributed by atoms with E-state index in [0.717, 1.165) is 4.90 Å². The molecular weight excluding hydrogens is 357 g/mol. The third kappa shape index (κ3) is 3.77. The number of Topliss-reactive ketones (excluding diaryl/α,β-unsaturated/α-hetero) is 1. The fourth-order valence-corrected chi connectivity index (χ4v) is 3.40. The van der Waals surface area contributed by atoms with Crippen molar-refractivity contribution in [1.82, 2.24) is 0 Å². The molecule has 7 heteroatoms. The Bertz CT molecular complexity index is 882. The Morgan fingerprint density at radius 2 is 1.81 bits per heavy atom. The van der Waals surface area contributed by atoms with Crippen molar-refractivity contribution >= 4 is 35.1 Å². The lowest BCUT2D eigenvalue weighted by molar-refractivity contribution is -0.115. The molecule has 0 saturated carbocycles. The highest BCUT2D eigenvalue weighted by molar-refractivity contribution is 8.00. The van der Waals surface area contributed by atoms with E-state index in [1.54, 1.807) is 19.1 Å². The molecule has 1 aliphatic heterocycles. The minimum Gasteiger partial charge on any atom is -0.451 e. The normalized spacial score (nSPS) is 17.0. The summed E-state index contributed by atoms with van der Waals surface area (Å²) in [6, 6.07) is 9.89. The molecule has 1 N–H and O–H groups in total. The van der Waals surface area contributed by atoms with Crippen LogP contribution < -0.4 is 5.32 Å². The lowest BCUT2D eigenvalue weighted by atomic mass is 10.1. The Labute approximate surface area is 153 Å². The first kappa shape index (κ1) is 18.1. The van der Waals surface area contributed by atoms with E-state index in [0.29, 0.717) is 5.69 Å². The molecular formula is C19H16FNO4S. The van der Waals surface area contributed by atoms with Crippen molar-refractivity contribution in [1.29, 1.82) is 0 Å². The van der Waals surface area contributed by atoms with E-state index in [9.17, 15) is 18.8 Å². The Kier molecular flexibility index (Phi) is 5.08. The molecule has 5 nitrogen and oxygen atoms in total. The number of carbonyl (C=O) groups excluding carboxylic acids is 3. The second-order valence-electron chi connectivity index (χ2n) is 5.88. The molecule has 134 valence electrons. The van der Waals surface area contributed by atoms with Gasteiger partial charge in [-0.15, -0.1) is 11.8 Å². The van der Waals surface area contributed by atoms with Crippen molar-refractivity contribution in [2.24, 2.45) is 0 Å². The number of esters is 1. The largest absolute Gasteiger partial charge is 0.451 e. The smallest absolute Gasteiger partial charge is 0.338 e. The van der Waals surface area contributed by atoms with Gasteiger partial charge < -0.3 is 10.1 Å². The summed E-state index contributed by atoms with van der Waals surface area (Å²) in [5.41, 5.74) is 1.04. The van der Waals surface area contributed by atoms with Crippen molar-refractivity contribution in [2.75, 3.05) is 5.32 Å². The average molecular weight is 373 g/mol. The predicted octanol–water partition coefficient (Wildman–Crippen LogP) is 3.69. The van der Waals surface area contributed by atoms with Crippen LogP contribution in [-0.4, -0.2) is 29.0 Å². The number of ether oxygens (including phenoxy) is 1. The Morgan fingerprint density at radius 1 is 1.15 bits per heavy atom. The summed E-state index contributed by atoms with van der Waals surface area (Å²) in [6.45, 7) is 3.26. The van der Waals surface area contributed by atoms with Gasteiger partial charge in [-0.05, 0) is 56.3 Å². The number of rotatable bonds is 4. The van der Waals surface area contributed by atoms with Crippen molar-refractivity contribution in [3.8, 4) is 0 Å². The zero-order valence-corrected chi connectivity index (χ0v) is 14.9. The van der Waals surface area contributed by atoms with E-state index in [1.165, 1.54) is 49.0 Å². The maximum Gasteiger partial charge on any atom is 0.338 e. The minimum absolute atomic E-state index is 0.132. The van der Waals surface area contributed by atoms with Crippen LogP contribution in [0.3, 0.4) is 0 Å². The quantitative estimate of drug-likeness (QED) is 0.654. The highest BCUT2D eigenvalue weighted by Crippen LogP contribution is 2.36. The van der Waals surface area contributed by atoms with Crippen LogP contribution in [0.25, 0.3) is 0 Å². The first-order valence-corrected chi connectivity index (χ1v) is 8.85. The standard InChI is InChI=1S/C19H16FNO4S/c1-10(17(22)12-3-6-14(20)7-4-12)25-19(24)13-5-8-16-15(9-13)21-18(23)11(2)26-16/h3-11H,1-2H3,(H,21,23)/t10-,11-/m1/s1. The summed E-state index contributed by atoms with van der Waals surface area (Å²) in [7, 11) is 0. The van der Waals surface area contributed by atoms with Crippen LogP contribution in [0.15, 0.2) is 47.4 Å². The molecule has 0 aliphatic carbocycles. The number of anilines is 1. The van der Waals surface area contributed by atoms with Gasteiger partial charge in [0, 0.05) is 10.5 Å². The first-order chi connectivity index (χ1) is 12.3. The van der Waals surface area contributed by atoms with E-state index >= 15 is 0 Å². The summed E-state index contributed by atoms with van der Waals surface area (Å²) in [4.78, 5) is 37.2. The van der Waals surface area contributed by atoms with Crippen LogP contribution in [0.2, 0.25) is 0 Å². The fraction of sp³-hybridized carbons (Fsp3) is 0.211. The molecule has 3 rings (SSSR count). The van der Waals surface area contributed by atoms with Gasteiger partial charge in [-0.2, -0.15) is 0 Å². The lowest BCUT2D eigenvalue weighted by Crippen LogP contribution is -2.27. The number of hydrogen-bond donors (Lipinski definition) is 1. The van der Waals surface area contributed by atoms with Gasteiger partial charge in [0.05, 0.1) is 16.5 Å². The number of nitrogens with one attached hydrogen (secondary N) is 1. The van der Waals surface area contributed by atoms with Crippen molar-refractivity contribution < 1.29 is 23.5 Å². The number of halogens is 1. The molecule has 2 atom stereocenters. The number of fused-ring (bicyclic) bond motifs is 1. The van der Waals surface area contributed by atoms with Crippen LogP contribution in [-0.2, 0) is 9.53 Å². The van der Waals surface area contributed by atoms with Gasteiger partial charge in [0.2, 0.25) is 11.7 Å². The van der Waals surface area contributed by atoms with Gasteiger partial charge in [0.25, 0.3) is 0 Å². The molecule has 0 saturated heterocycles. The third-order valence-electron chi connectivity index (χ3n) is 3.93. The van der Waals surface area contributed by atoms with Gasteiger partial charge in [-0.1, -0.05) is 0 Å². The maximum atomic E-state index is 12.9. The molecule has 0 bridgehead atoms. The molecule has 1 aliphatic rings. The summed E-state index contributed by atoms with van der Waals surface area (Å²) < 4.78 is 18.2. The molecule has 0 unspecified atom stereocenters. The van der Waals surface area contributed by atoms with E-state index in [-0.39, 0.29) is 22.3 Å². The SMILES string of the molecule is C[C@@H](OC(=O)c1ccc2c(c1)NC(=O)[C@@H](C)S2)C(=O)c1ccc(F)cc1. The average Bonchev–Trinajstić information content (AvgIpc) is 2.62. The van der Waals surface area contributed by atoms with E-state index < -0.39 is 23.7 Å². The number of amides is 1. The van der Waals surface area contributed by atoms with Crippen molar-refractivity contribution in [2.45, 2.75) is 30.1 Å². The zero-order chi connectivity index (χ0) is 18.8. The van der Waals surface area contributed by atoms with Crippen LogP contribution in [0.1, 0.15) is 34.6 Å². The highest BCUT2D eigenvalue weighted by atomic mass is 32.2. The van der Waals surface area contributed by atoms with Crippen LogP contribution in [0, 0.1) is 5.82 Å². The number of benzene rings is 2. The summed E-state index contributed by atoms with van der Waals surface area (Å²) in [5, 5.41) is 2.54. The minimum atomic E-state index is -1.02. The second kappa shape index (κ2) is 7.29. The molecule has 1 heterocycles. The molecule has 2 aromatic carbocycles. The van der Waals surface area contributed by atoms with E-state index in [2.05, 4.69) is 5.32 Å². The maximum absolute atomic E-state index is 12.9. The van der Waals surface area contributed by atoms with Crippen molar-refractivity contribution in [3.63, 3.8) is 0 Å². The molecule has 0 spiro atoms. The summed E-state index contributed by atoms with van der Waals surface area (Å²) in [6.07, 6.45) is -1.02. The molecule has 1 amide bonds. The fourth-order valence-electron chi connectivity index (χ4n) is 2.47. The van der Waals surface area contributed by atoms with Crippen LogP contribution in [0.5, 0.6) is 0 Å². The van der Waals surface area contributed by atoms with Gasteiger partial charge in [0.1, 0.15) is 5.82 Å². The molecule has 0 fully saturated rings. The van der Waals surface area contributed by atoms with Crippen molar-refractivity contribution in [3.05, 3.63) is 59.4 Å². The first-order valence-electron chi connectivity index (χ1n) is 7.97. The van der Waals surface area contributed by atoms with Crippen LogP contribution in [0.4, 0.5) is 10.1 Å². The third-order valence-corrected chi connectivity index (χ3v) is 5.11. The number of ketones is 1. The number of carbonyl (C=O) groups is 3. The molecule has 0 radical (unpaired) electrons. The lowest BCUT2D eigenvalue weighted by Gasteiger charge is -2.21. The van der Waals surface area contributed by atoms with E-state index in [1.807, 2.05) is 0 Å².